The number of rotatable bonds is 5. The van der Waals surface area contributed by atoms with Crippen molar-refractivity contribution < 1.29 is 9.59 Å². The monoisotopic (exact) mass is 450 g/mol. The number of nitrogens with one attached hydrogen (secondary N) is 1. The smallest absolute Gasteiger partial charge is 0.233 e. The van der Waals surface area contributed by atoms with Crippen LogP contribution in [0.4, 0.5) is 0 Å². The minimum absolute atomic E-state index is 0.0505. The van der Waals surface area contributed by atoms with E-state index in [0.29, 0.717) is 18.8 Å². The van der Waals surface area contributed by atoms with Crippen LogP contribution < -0.4 is 5.32 Å². The Hall–Kier alpha value is -3.01. The second kappa shape index (κ2) is 8.40. The zero-order chi connectivity index (χ0) is 23.1. The Kier molecular flexibility index (Phi) is 5.55. The number of carbonyl (C=O) groups excluding carboxylic acids is 2. The molecule has 1 saturated carbocycles. The molecule has 33 heavy (non-hydrogen) atoms. The van der Waals surface area contributed by atoms with E-state index < -0.39 is 0 Å². The molecule has 3 aliphatic rings. The summed E-state index contributed by atoms with van der Waals surface area (Å²) in [4.78, 5) is 27.6. The number of likely N-dealkylation sites (tertiary alicyclic amines) is 1. The highest BCUT2D eigenvalue weighted by molar-refractivity contribution is 5.97. The van der Waals surface area contributed by atoms with E-state index in [4.69, 9.17) is 0 Å². The molecule has 1 N–H and O–H groups in total. The fourth-order valence-corrected chi connectivity index (χ4v) is 5.43. The van der Waals surface area contributed by atoms with Crippen LogP contribution >= 0.6 is 0 Å². The molecule has 3 heterocycles. The van der Waals surface area contributed by atoms with Gasteiger partial charge in [0.2, 0.25) is 5.91 Å². The van der Waals surface area contributed by atoms with Gasteiger partial charge in [0.05, 0.1) is 11.1 Å². The molecule has 2 fully saturated rings. The molecule has 10 heteroatoms. The van der Waals surface area contributed by atoms with Crippen LogP contribution in [0.2, 0.25) is 0 Å². The first kappa shape index (κ1) is 21.8. The second-order valence-corrected chi connectivity index (χ2v) is 9.89. The molecular formula is C23H30N8O2. The number of amides is 1. The maximum Gasteiger partial charge on any atom is 0.233 e. The number of allylic oxidation sites excluding steroid dienone is 2. The largest absolute Gasteiger partial charge is 0.315 e. The molecule has 2 aliphatic carbocycles. The standard InChI is InChI=1S/C23H30N8O2/c1-16-18(4-3-5-19(16)32)30-13-12-23(21(30)33)10-8-22(2,9-11-23)24-14-17-6-7-20(27-26-17)31-15-25-28-29-31/h6-7,15,24H,3-5,8-14H2,1-2H3/t22-,23+. The van der Waals surface area contributed by atoms with Crippen LogP contribution in [0.5, 0.6) is 0 Å². The molecule has 1 spiro atoms. The maximum atomic E-state index is 13.5. The first-order valence-corrected chi connectivity index (χ1v) is 11.8. The van der Waals surface area contributed by atoms with Gasteiger partial charge in [-0.1, -0.05) is 0 Å². The predicted molar refractivity (Wildman–Crippen MR) is 119 cm³/mol. The lowest BCUT2D eigenvalue weighted by Gasteiger charge is -2.42. The number of hydrogen-bond acceptors (Lipinski definition) is 8. The predicted octanol–water partition coefficient (Wildman–Crippen LogP) is 2.12. The van der Waals surface area contributed by atoms with Crippen molar-refractivity contribution in [1.29, 1.82) is 0 Å². The van der Waals surface area contributed by atoms with Crippen molar-refractivity contribution in [1.82, 2.24) is 40.6 Å². The Morgan fingerprint density at radius 2 is 1.88 bits per heavy atom. The first-order chi connectivity index (χ1) is 15.9. The normalized spacial score (nSPS) is 28.2. The van der Waals surface area contributed by atoms with Crippen molar-refractivity contribution in [2.75, 3.05) is 6.54 Å². The lowest BCUT2D eigenvalue weighted by Crippen LogP contribution is -2.49. The number of Topliss-reactive ketones (excluding diaryl/α,β-unsaturated/α-hetero) is 1. The van der Waals surface area contributed by atoms with E-state index in [1.807, 2.05) is 24.0 Å². The molecule has 0 aromatic carbocycles. The molecule has 2 aromatic heterocycles. The third-order valence-corrected chi connectivity index (χ3v) is 7.80. The van der Waals surface area contributed by atoms with Crippen molar-refractivity contribution in [2.24, 2.45) is 5.41 Å². The highest BCUT2D eigenvalue weighted by Gasteiger charge is 2.51. The van der Waals surface area contributed by atoms with E-state index in [1.165, 1.54) is 11.0 Å². The van der Waals surface area contributed by atoms with Gasteiger partial charge in [0.1, 0.15) is 6.33 Å². The van der Waals surface area contributed by atoms with Crippen LogP contribution in [-0.4, -0.2) is 59.1 Å². The highest BCUT2D eigenvalue weighted by atomic mass is 16.2. The molecule has 0 radical (unpaired) electrons. The Morgan fingerprint density at radius 3 is 2.58 bits per heavy atom. The van der Waals surface area contributed by atoms with Crippen molar-refractivity contribution in [3.05, 3.63) is 35.4 Å². The zero-order valence-electron chi connectivity index (χ0n) is 19.3. The summed E-state index contributed by atoms with van der Waals surface area (Å²) >= 11 is 0. The summed E-state index contributed by atoms with van der Waals surface area (Å²) in [5, 5.41) is 23.2. The van der Waals surface area contributed by atoms with E-state index in [0.717, 1.165) is 68.5 Å². The fourth-order valence-electron chi connectivity index (χ4n) is 5.43. The minimum Gasteiger partial charge on any atom is -0.315 e. The average Bonchev–Trinajstić information content (AvgIpc) is 3.47. The Balaban J connectivity index is 1.19. The SMILES string of the molecule is CC1=C(N2CC[C@]3(CC[C@](C)(NCc4ccc(-n5cnnn5)nn4)CC3)C2=O)CCCC1=O. The van der Waals surface area contributed by atoms with Crippen LogP contribution in [-0.2, 0) is 16.1 Å². The van der Waals surface area contributed by atoms with E-state index in [-0.39, 0.29) is 22.6 Å². The van der Waals surface area contributed by atoms with Crippen LogP contribution in [0, 0.1) is 5.41 Å². The summed E-state index contributed by atoms with van der Waals surface area (Å²) < 4.78 is 1.47. The summed E-state index contributed by atoms with van der Waals surface area (Å²) in [6.45, 7) is 5.47. The number of nitrogens with zero attached hydrogens (tertiary/aromatic N) is 7. The van der Waals surface area contributed by atoms with Crippen molar-refractivity contribution >= 4 is 11.7 Å². The van der Waals surface area contributed by atoms with E-state index in [1.54, 1.807) is 0 Å². The molecule has 174 valence electrons. The first-order valence-electron chi connectivity index (χ1n) is 11.8. The van der Waals surface area contributed by atoms with Crippen molar-refractivity contribution in [2.45, 2.75) is 77.3 Å². The number of aromatic nitrogens is 6. The quantitative estimate of drug-likeness (QED) is 0.736. The number of carbonyl (C=O) groups is 2. The van der Waals surface area contributed by atoms with Gasteiger partial charge in [-0.3, -0.25) is 9.59 Å². The van der Waals surface area contributed by atoms with Gasteiger partial charge < -0.3 is 10.2 Å². The average molecular weight is 451 g/mol. The van der Waals surface area contributed by atoms with E-state index in [9.17, 15) is 9.59 Å². The van der Waals surface area contributed by atoms with Gasteiger partial charge in [0, 0.05) is 36.3 Å². The molecule has 1 amide bonds. The van der Waals surface area contributed by atoms with Gasteiger partial charge in [0.15, 0.2) is 11.6 Å². The van der Waals surface area contributed by atoms with E-state index >= 15 is 0 Å². The van der Waals surface area contributed by atoms with E-state index in [2.05, 4.69) is 38.0 Å². The van der Waals surface area contributed by atoms with Gasteiger partial charge in [-0.05, 0) is 81.4 Å². The van der Waals surface area contributed by atoms with Crippen LogP contribution in [0.3, 0.4) is 0 Å². The third kappa shape index (κ3) is 4.07. The lowest BCUT2D eigenvalue weighted by atomic mass is 9.67. The van der Waals surface area contributed by atoms with Gasteiger partial charge in [-0.25, -0.2) is 0 Å². The maximum absolute atomic E-state index is 13.5. The third-order valence-electron chi connectivity index (χ3n) is 7.80. The Bertz CT molecular complexity index is 1070. The molecule has 0 atom stereocenters. The van der Waals surface area contributed by atoms with Crippen molar-refractivity contribution in [3.63, 3.8) is 0 Å². The topological polar surface area (TPSA) is 119 Å². The van der Waals surface area contributed by atoms with Gasteiger partial charge in [0.25, 0.3) is 0 Å². The number of ketones is 1. The molecule has 10 nitrogen and oxygen atoms in total. The molecule has 0 bridgehead atoms. The van der Waals surface area contributed by atoms with Crippen LogP contribution in [0.1, 0.15) is 70.9 Å². The summed E-state index contributed by atoms with van der Waals surface area (Å²) in [7, 11) is 0. The van der Waals surface area contributed by atoms with Gasteiger partial charge in [-0.15, -0.1) is 10.2 Å². The molecule has 0 unspecified atom stereocenters. The van der Waals surface area contributed by atoms with Crippen LogP contribution in [0.25, 0.3) is 5.82 Å². The summed E-state index contributed by atoms with van der Waals surface area (Å²) in [6, 6.07) is 3.77. The minimum atomic E-state index is -0.276. The van der Waals surface area contributed by atoms with Crippen LogP contribution in [0.15, 0.2) is 29.7 Å². The molecule has 1 saturated heterocycles. The molecule has 1 aliphatic heterocycles. The van der Waals surface area contributed by atoms with Gasteiger partial charge in [-0.2, -0.15) is 9.78 Å². The second-order valence-electron chi connectivity index (χ2n) is 9.89. The van der Waals surface area contributed by atoms with Gasteiger partial charge >= 0.3 is 0 Å². The number of tetrazole rings is 1. The Morgan fingerprint density at radius 1 is 1.06 bits per heavy atom. The summed E-state index contributed by atoms with van der Waals surface area (Å²) in [6.07, 6.45) is 8.27. The number of hydrogen-bond donors (Lipinski definition) is 1. The molecular weight excluding hydrogens is 420 g/mol. The summed E-state index contributed by atoms with van der Waals surface area (Å²) in [5.41, 5.74) is 2.29. The Labute approximate surface area is 192 Å². The highest BCUT2D eigenvalue weighted by Crippen LogP contribution is 2.49. The molecule has 5 rings (SSSR count). The fraction of sp³-hybridized carbons (Fsp3) is 0.609. The summed E-state index contributed by atoms with van der Waals surface area (Å²) in [5.74, 6) is 1.00. The zero-order valence-corrected chi connectivity index (χ0v) is 19.3. The molecule has 2 aromatic rings. The van der Waals surface area contributed by atoms with Crippen molar-refractivity contribution in [3.8, 4) is 5.82 Å². The lowest BCUT2D eigenvalue weighted by molar-refractivity contribution is -0.137.